The van der Waals surface area contributed by atoms with Gasteiger partial charge in [-0.05, 0) is 49.1 Å². The Morgan fingerprint density at radius 2 is 1.76 bits per heavy atom. The van der Waals surface area contributed by atoms with Crippen molar-refractivity contribution in [1.82, 2.24) is 14.5 Å². The zero-order valence-electron chi connectivity index (χ0n) is 18.9. The van der Waals surface area contributed by atoms with Crippen molar-refractivity contribution in [3.8, 4) is 16.8 Å². The zero-order valence-corrected chi connectivity index (χ0v) is 19.6. The van der Waals surface area contributed by atoms with Gasteiger partial charge in [-0.2, -0.15) is 0 Å². The molecule has 0 aliphatic carbocycles. The minimum atomic E-state index is -0.241. The molecule has 0 aliphatic heterocycles. The first-order valence-electron chi connectivity index (χ1n) is 11.1. The van der Waals surface area contributed by atoms with Crippen LogP contribution in [0.4, 0.5) is 5.82 Å². The van der Waals surface area contributed by atoms with Gasteiger partial charge >= 0.3 is 0 Å². The summed E-state index contributed by atoms with van der Waals surface area (Å²) in [5.74, 6) is 0.700. The van der Waals surface area contributed by atoms with E-state index in [1.54, 1.807) is 16.8 Å². The van der Waals surface area contributed by atoms with E-state index in [4.69, 9.17) is 11.6 Å². The summed E-state index contributed by atoms with van der Waals surface area (Å²) < 4.78 is 1.72. The molecule has 168 valence electrons. The lowest BCUT2D eigenvalue weighted by atomic mass is 10.0. The first-order valence-corrected chi connectivity index (χ1v) is 11.4. The Balaban J connectivity index is 1.66. The minimum absolute atomic E-state index is 0.153. The lowest BCUT2D eigenvalue weighted by molar-refractivity contribution is 0.773. The van der Waals surface area contributed by atoms with Gasteiger partial charge in [0.05, 0.1) is 16.5 Å². The Kier molecular flexibility index (Phi) is 5.86. The van der Waals surface area contributed by atoms with Crippen molar-refractivity contribution in [3.63, 3.8) is 0 Å². The number of pyridine rings is 1. The summed E-state index contributed by atoms with van der Waals surface area (Å²) in [6.45, 7) is 4.08. The highest BCUT2D eigenvalue weighted by Crippen LogP contribution is 2.31. The highest BCUT2D eigenvalue weighted by Gasteiger charge is 2.19. The maximum absolute atomic E-state index is 13.7. The number of halogens is 1. The molecular formula is C28H23ClN4O. The molecule has 6 heteroatoms. The van der Waals surface area contributed by atoms with Gasteiger partial charge in [-0.25, -0.2) is 9.97 Å². The molecule has 3 aromatic carbocycles. The van der Waals surface area contributed by atoms with Crippen molar-refractivity contribution in [2.24, 2.45) is 0 Å². The fourth-order valence-corrected chi connectivity index (χ4v) is 4.51. The number of fused-ring (bicyclic) bond motifs is 1. The molecule has 2 aromatic heterocycles. The molecule has 0 unspecified atom stereocenters. The summed E-state index contributed by atoms with van der Waals surface area (Å²) in [6, 6.07) is 25.1. The van der Waals surface area contributed by atoms with Crippen molar-refractivity contribution in [1.29, 1.82) is 0 Å². The van der Waals surface area contributed by atoms with Crippen LogP contribution in [0.15, 0.2) is 96.2 Å². The van der Waals surface area contributed by atoms with E-state index in [2.05, 4.69) is 34.3 Å². The number of para-hydroxylation sites is 1. The standard InChI is InChI=1S/C28H23ClN4O/c1-18-8-6-9-20(14-18)23-16-30-17-31-27(23)32-19(2)25-15-21-10-7-13-24(29)26(21)28(34)33(25)22-11-4-3-5-12-22/h3-17,19H,1-2H3,(H,30,31,32)/t19-/m0/s1. The average Bonchev–Trinajstić information content (AvgIpc) is 2.84. The highest BCUT2D eigenvalue weighted by atomic mass is 35.5. The van der Waals surface area contributed by atoms with Gasteiger partial charge in [-0.15, -0.1) is 0 Å². The minimum Gasteiger partial charge on any atom is -0.361 e. The Hall–Kier alpha value is -3.96. The Bertz CT molecular complexity index is 1550. The molecule has 0 aliphatic rings. The lowest BCUT2D eigenvalue weighted by Gasteiger charge is -2.22. The predicted molar refractivity (Wildman–Crippen MR) is 139 cm³/mol. The molecule has 2 heterocycles. The molecule has 0 saturated carbocycles. The molecular weight excluding hydrogens is 444 g/mol. The third-order valence-electron chi connectivity index (χ3n) is 5.88. The van der Waals surface area contributed by atoms with Crippen LogP contribution in [0.1, 0.15) is 24.2 Å². The molecule has 0 radical (unpaired) electrons. The lowest BCUT2D eigenvalue weighted by Crippen LogP contribution is -2.26. The fourth-order valence-electron chi connectivity index (χ4n) is 4.25. The van der Waals surface area contributed by atoms with Gasteiger partial charge < -0.3 is 5.32 Å². The number of benzene rings is 3. The molecule has 34 heavy (non-hydrogen) atoms. The number of aryl methyl sites for hydroxylation is 1. The maximum Gasteiger partial charge on any atom is 0.264 e. The van der Waals surface area contributed by atoms with Crippen molar-refractivity contribution in [3.05, 3.63) is 118 Å². The van der Waals surface area contributed by atoms with E-state index in [1.807, 2.05) is 67.6 Å². The molecule has 5 aromatic rings. The molecule has 0 saturated heterocycles. The van der Waals surface area contributed by atoms with Crippen LogP contribution in [0.25, 0.3) is 27.6 Å². The summed E-state index contributed by atoms with van der Waals surface area (Å²) in [5.41, 5.74) is 4.51. The van der Waals surface area contributed by atoms with E-state index in [-0.39, 0.29) is 11.6 Å². The van der Waals surface area contributed by atoms with Crippen LogP contribution in [0.3, 0.4) is 0 Å². The number of hydrogen-bond acceptors (Lipinski definition) is 4. The molecule has 1 N–H and O–H groups in total. The first kappa shape index (κ1) is 21.9. The summed E-state index contributed by atoms with van der Waals surface area (Å²) in [7, 11) is 0. The molecule has 0 amide bonds. The molecule has 0 spiro atoms. The Morgan fingerprint density at radius 3 is 2.56 bits per heavy atom. The Labute approximate surface area is 202 Å². The van der Waals surface area contributed by atoms with Crippen LogP contribution in [-0.2, 0) is 0 Å². The quantitative estimate of drug-likeness (QED) is 0.317. The topological polar surface area (TPSA) is 59.8 Å². The fraction of sp³-hybridized carbons (Fsp3) is 0.107. The number of nitrogens with zero attached hydrogens (tertiary/aromatic N) is 3. The summed E-state index contributed by atoms with van der Waals surface area (Å²) >= 11 is 6.44. The molecule has 5 rings (SSSR count). The van der Waals surface area contributed by atoms with E-state index < -0.39 is 0 Å². The Morgan fingerprint density at radius 1 is 0.971 bits per heavy atom. The SMILES string of the molecule is Cc1cccc(-c2cncnc2N[C@@H](C)c2cc3cccc(Cl)c3c(=O)n2-c2ccccc2)c1. The van der Waals surface area contributed by atoms with Gasteiger partial charge in [0.2, 0.25) is 0 Å². The third kappa shape index (κ3) is 4.06. The molecule has 0 fully saturated rings. The monoisotopic (exact) mass is 466 g/mol. The van der Waals surface area contributed by atoms with E-state index in [9.17, 15) is 4.79 Å². The molecule has 1 atom stereocenters. The van der Waals surface area contributed by atoms with Crippen molar-refractivity contribution in [2.45, 2.75) is 19.9 Å². The number of aromatic nitrogens is 3. The summed E-state index contributed by atoms with van der Waals surface area (Å²) in [4.78, 5) is 22.4. The second-order valence-corrected chi connectivity index (χ2v) is 8.68. The third-order valence-corrected chi connectivity index (χ3v) is 6.19. The van der Waals surface area contributed by atoms with Gasteiger partial charge in [-0.1, -0.05) is 71.8 Å². The number of rotatable bonds is 5. The zero-order chi connectivity index (χ0) is 23.7. The number of hydrogen-bond donors (Lipinski definition) is 1. The van der Waals surface area contributed by atoms with Crippen LogP contribution < -0.4 is 10.9 Å². The summed E-state index contributed by atoms with van der Waals surface area (Å²) in [5, 5.41) is 5.27. The smallest absolute Gasteiger partial charge is 0.264 e. The van der Waals surface area contributed by atoms with Crippen LogP contribution in [0.2, 0.25) is 5.02 Å². The van der Waals surface area contributed by atoms with Crippen LogP contribution in [-0.4, -0.2) is 14.5 Å². The predicted octanol–water partition coefficient (Wildman–Crippen LogP) is 6.58. The van der Waals surface area contributed by atoms with E-state index >= 15 is 0 Å². The molecule has 5 nitrogen and oxygen atoms in total. The normalized spacial score (nSPS) is 12.0. The number of nitrogens with one attached hydrogen (secondary N) is 1. The average molecular weight is 467 g/mol. The second kappa shape index (κ2) is 9.12. The van der Waals surface area contributed by atoms with Crippen molar-refractivity contribution >= 4 is 28.2 Å². The first-order chi connectivity index (χ1) is 16.5. The second-order valence-electron chi connectivity index (χ2n) is 8.27. The van der Waals surface area contributed by atoms with Gasteiger partial charge in [0.1, 0.15) is 12.1 Å². The van der Waals surface area contributed by atoms with Crippen LogP contribution >= 0.6 is 11.6 Å². The van der Waals surface area contributed by atoms with Gasteiger partial charge in [-0.3, -0.25) is 9.36 Å². The van der Waals surface area contributed by atoms with Gasteiger partial charge in [0.15, 0.2) is 0 Å². The van der Waals surface area contributed by atoms with Crippen LogP contribution in [0, 0.1) is 6.92 Å². The largest absolute Gasteiger partial charge is 0.361 e. The van der Waals surface area contributed by atoms with Crippen molar-refractivity contribution < 1.29 is 0 Å². The van der Waals surface area contributed by atoms with Gasteiger partial charge in [0.25, 0.3) is 5.56 Å². The maximum atomic E-state index is 13.7. The van der Waals surface area contributed by atoms with E-state index in [0.29, 0.717) is 16.2 Å². The highest BCUT2D eigenvalue weighted by molar-refractivity contribution is 6.35. The van der Waals surface area contributed by atoms with E-state index in [0.717, 1.165) is 33.5 Å². The summed E-state index contributed by atoms with van der Waals surface area (Å²) in [6.07, 6.45) is 3.33. The van der Waals surface area contributed by atoms with Crippen LogP contribution in [0.5, 0.6) is 0 Å². The molecule has 0 bridgehead atoms. The van der Waals surface area contributed by atoms with E-state index in [1.165, 1.54) is 6.33 Å². The van der Waals surface area contributed by atoms with Crippen molar-refractivity contribution in [2.75, 3.05) is 5.32 Å². The van der Waals surface area contributed by atoms with Gasteiger partial charge in [0, 0.05) is 23.1 Å². The number of anilines is 1.